The van der Waals surface area contributed by atoms with Gasteiger partial charge in [0.15, 0.2) is 0 Å². The van der Waals surface area contributed by atoms with Crippen LogP contribution in [0.5, 0.6) is 0 Å². The van der Waals surface area contributed by atoms with Gasteiger partial charge in [0.2, 0.25) is 0 Å². The van der Waals surface area contributed by atoms with Gasteiger partial charge in [0.25, 0.3) is 0 Å². The quantitative estimate of drug-likeness (QED) is 0.788. The van der Waals surface area contributed by atoms with Gasteiger partial charge in [0.05, 0.1) is 0 Å². The van der Waals surface area contributed by atoms with Gasteiger partial charge in [-0.05, 0) is 44.4 Å². The van der Waals surface area contributed by atoms with Crippen molar-refractivity contribution in [1.29, 1.82) is 0 Å². The van der Waals surface area contributed by atoms with Crippen molar-refractivity contribution in [3.63, 3.8) is 0 Å². The first-order valence-electron chi connectivity index (χ1n) is 6.13. The maximum atomic E-state index is 12.3. The average Bonchev–Trinajstić information content (AvgIpc) is 2.17. The molecule has 1 N–H and O–H groups in total. The third-order valence-electron chi connectivity index (χ3n) is 3.69. The van der Waals surface area contributed by atoms with Crippen LogP contribution >= 0.6 is 0 Å². The van der Waals surface area contributed by atoms with Crippen LogP contribution in [0.3, 0.4) is 0 Å². The number of alkyl halides is 3. The number of nitrogens with one attached hydrogen (secondary N) is 1. The SMILES string of the molecule is CC(C)C1CCC(NC(C)C(F)(F)F)CC1. The van der Waals surface area contributed by atoms with Gasteiger partial charge >= 0.3 is 6.18 Å². The molecule has 0 aromatic carbocycles. The van der Waals surface area contributed by atoms with Crippen LogP contribution in [0.25, 0.3) is 0 Å². The van der Waals surface area contributed by atoms with Crippen LogP contribution in [-0.2, 0) is 0 Å². The summed E-state index contributed by atoms with van der Waals surface area (Å²) in [7, 11) is 0. The van der Waals surface area contributed by atoms with Crippen molar-refractivity contribution in [2.24, 2.45) is 11.8 Å². The van der Waals surface area contributed by atoms with Gasteiger partial charge in [-0.1, -0.05) is 13.8 Å². The molecule has 0 saturated heterocycles. The maximum absolute atomic E-state index is 12.3. The topological polar surface area (TPSA) is 12.0 Å². The Hall–Kier alpha value is -0.250. The summed E-state index contributed by atoms with van der Waals surface area (Å²) in [6.45, 7) is 5.59. The predicted molar refractivity (Wildman–Crippen MR) is 59.2 cm³/mol. The molecule has 0 aromatic heterocycles. The van der Waals surface area contributed by atoms with Gasteiger partial charge in [-0.15, -0.1) is 0 Å². The summed E-state index contributed by atoms with van der Waals surface area (Å²) in [5.74, 6) is 1.35. The zero-order valence-electron chi connectivity index (χ0n) is 10.3. The van der Waals surface area contributed by atoms with E-state index in [1.807, 2.05) is 0 Å². The van der Waals surface area contributed by atoms with Gasteiger partial charge in [0.1, 0.15) is 6.04 Å². The Bertz CT molecular complexity index is 205. The van der Waals surface area contributed by atoms with E-state index in [0.29, 0.717) is 11.8 Å². The average molecular weight is 237 g/mol. The molecule has 1 rings (SSSR count). The normalized spacial score (nSPS) is 29.4. The fourth-order valence-electron chi connectivity index (χ4n) is 2.40. The Morgan fingerprint density at radius 2 is 1.50 bits per heavy atom. The molecule has 1 unspecified atom stereocenters. The molecular formula is C12H22F3N. The molecule has 4 heteroatoms. The first kappa shape index (κ1) is 13.8. The van der Waals surface area contributed by atoms with Gasteiger partial charge in [0, 0.05) is 6.04 Å². The molecule has 1 aliphatic rings. The van der Waals surface area contributed by atoms with Crippen LogP contribution in [0.1, 0.15) is 46.5 Å². The zero-order valence-corrected chi connectivity index (χ0v) is 10.3. The predicted octanol–water partition coefficient (Wildman–Crippen LogP) is 3.74. The number of hydrogen-bond acceptors (Lipinski definition) is 1. The van der Waals surface area contributed by atoms with Crippen LogP contribution in [0.4, 0.5) is 13.2 Å². The summed E-state index contributed by atoms with van der Waals surface area (Å²) in [4.78, 5) is 0. The van der Waals surface area contributed by atoms with Crippen LogP contribution in [-0.4, -0.2) is 18.3 Å². The Morgan fingerprint density at radius 3 is 1.88 bits per heavy atom. The molecule has 0 aromatic rings. The van der Waals surface area contributed by atoms with Crippen molar-refractivity contribution < 1.29 is 13.2 Å². The number of rotatable bonds is 3. The zero-order chi connectivity index (χ0) is 12.3. The van der Waals surface area contributed by atoms with E-state index in [2.05, 4.69) is 19.2 Å². The van der Waals surface area contributed by atoms with Gasteiger partial charge < -0.3 is 5.32 Å². The minimum absolute atomic E-state index is 0.0478. The molecule has 1 fully saturated rings. The monoisotopic (exact) mass is 237 g/mol. The molecule has 0 radical (unpaired) electrons. The molecule has 0 spiro atoms. The highest BCUT2D eigenvalue weighted by molar-refractivity contribution is 4.82. The lowest BCUT2D eigenvalue weighted by Gasteiger charge is -2.33. The molecule has 0 aliphatic heterocycles. The third-order valence-corrected chi connectivity index (χ3v) is 3.69. The van der Waals surface area contributed by atoms with Crippen molar-refractivity contribution in [1.82, 2.24) is 5.32 Å². The van der Waals surface area contributed by atoms with Gasteiger partial charge in [-0.2, -0.15) is 13.2 Å². The molecule has 0 bridgehead atoms. The largest absolute Gasteiger partial charge is 0.403 e. The molecule has 1 nitrogen and oxygen atoms in total. The number of hydrogen-bond donors (Lipinski definition) is 1. The fraction of sp³-hybridized carbons (Fsp3) is 1.00. The molecule has 1 atom stereocenters. The molecule has 16 heavy (non-hydrogen) atoms. The van der Waals surface area contributed by atoms with E-state index in [1.54, 1.807) is 0 Å². The van der Waals surface area contributed by atoms with E-state index in [0.717, 1.165) is 25.7 Å². The minimum Gasteiger partial charge on any atom is -0.304 e. The highest BCUT2D eigenvalue weighted by Gasteiger charge is 2.37. The standard InChI is InChI=1S/C12H22F3N/c1-8(2)10-4-6-11(7-5-10)16-9(3)12(13,14)15/h8-11,16H,4-7H2,1-3H3. The van der Waals surface area contributed by atoms with E-state index >= 15 is 0 Å². The lowest BCUT2D eigenvalue weighted by atomic mass is 9.79. The lowest BCUT2D eigenvalue weighted by molar-refractivity contribution is -0.154. The summed E-state index contributed by atoms with van der Waals surface area (Å²) in [6, 6.07) is -1.33. The molecule has 96 valence electrons. The molecule has 1 saturated carbocycles. The van der Waals surface area contributed by atoms with Crippen LogP contribution in [0, 0.1) is 11.8 Å². The van der Waals surface area contributed by atoms with E-state index in [9.17, 15) is 13.2 Å². The highest BCUT2D eigenvalue weighted by atomic mass is 19.4. The second-order valence-electron chi connectivity index (χ2n) is 5.29. The summed E-state index contributed by atoms with van der Waals surface area (Å²) >= 11 is 0. The highest BCUT2D eigenvalue weighted by Crippen LogP contribution is 2.31. The van der Waals surface area contributed by atoms with Crippen molar-refractivity contribution in [2.45, 2.75) is 64.7 Å². The Balaban J connectivity index is 2.32. The van der Waals surface area contributed by atoms with Gasteiger partial charge in [-0.3, -0.25) is 0 Å². The van der Waals surface area contributed by atoms with Crippen LogP contribution in [0.15, 0.2) is 0 Å². The third kappa shape index (κ3) is 3.96. The van der Waals surface area contributed by atoms with Gasteiger partial charge in [-0.25, -0.2) is 0 Å². The Labute approximate surface area is 95.8 Å². The summed E-state index contributed by atoms with van der Waals surface area (Å²) < 4.78 is 37.0. The Morgan fingerprint density at radius 1 is 1.00 bits per heavy atom. The first-order chi connectivity index (χ1) is 7.30. The molecule has 0 heterocycles. The second-order valence-corrected chi connectivity index (χ2v) is 5.29. The second kappa shape index (κ2) is 5.39. The number of halogens is 3. The summed E-state index contributed by atoms with van der Waals surface area (Å²) in [5, 5.41) is 2.69. The van der Waals surface area contributed by atoms with E-state index < -0.39 is 12.2 Å². The van der Waals surface area contributed by atoms with Crippen LogP contribution in [0.2, 0.25) is 0 Å². The minimum atomic E-state index is -4.12. The summed E-state index contributed by atoms with van der Waals surface area (Å²) in [5.41, 5.74) is 0. The first-order valence-corrected chi connectivity index (χ1v) is 6.13. The van der Waals surface area contributed by atoms with Crippen molar-refractivity contribution in [3.05, 3.63) is 0 Å². The van der Waals surface area contributed by atoms with Crippen molar-refractivity contribution in [3.8, 4) is 0 Å². The molecule has 0 amide bonds. The van der Waals surface area contributed by atoms with E-state index in [-0.39, 0.29) is 6.04 Å². The molecule has 1 aliphatic carbocycles. The van der Waals surface area contributed by atoms with E-state index in [1.165, 1.54) is 6.92 Å². The van der Waals surface area contributed by atoms with Crippen LogP contribution < -0.4 is 5.32 Å². The smallest absolute Gasteiger partial charge is 0.304 e. The van der Waals surface area contributed by atoms with Crippen molar-refractivity contribution in [2.75, 3.05) is 0 Å². The Kier molecular flexibility index (Phi) is 4.65. The maximum Gasteiger partial charge on any atom is 0.403 e. The molecular weight excluding hydrogens is 215 g/mol. The summed E-state index contributed by atoms with van der Waals surface area (Å²) in [6.07, 6.45) is -0.249. The lowest BCUT2D eigenvalue weighted by Crippen LogP contribution is -2.46. The fourth-order valence-corrected chi connectivity index (χ4v) is 2.40. The van der Waals surface area contributed by atoms with E-state index in [4.69, 9.17) is 0 Å². The van der Waals surface area contributed by atoms with Crippen molar-refractivity contribution >= 4 is 0 Å².